The van der Waals surface area contributed by atoms with Crippen LogP contribution in [0.15, 0.2) is 18.2 Å². The Morgan fingerprint density at radius 3 is 2.36 bits per heavy atom. The van der Waals surface area contributed by atoms with Crippen LogP contribution in [0.5, 0.6) is 5.75 Å². The number of alkyl halides is 3. The molecule has 0 atom stereocenters. The minimum absolute atomic E-state index is 0.144. The number of hydrogen-bond donors (Lipinski definition) is 0. The van der Waals surface area contributed by atoms with E-state index < -0.39 is 6.36 Å². The zero-order valence-corrected chi connectivity index (χ0v) is 7.98. The van der Waals surface area contributed by atoms with Gasteiger partial charge in [-0.05, 0) is 24.6 Å². The molecule has 0 heterocycles. The predicted octanol–water partition coefficient (Wildman–Crippen LogP) is 2.00. The molecule has 0 saturated carbocycles. The van der Waals surface area contributed by atoms with Gasteiger partial charge in [-0.3, -0.25) is 0 Å². The van der Waals surface area contributed by atoms with Crippen molar-refractivity contribution in [2.75, 3.05) is 0 Å². The van der Waals surface area contributed by atoms with Gasteiger partial charge in [-0.1, -0.05) is 18.4 Å². The Morgan fingerprint density at radius 1 is 1.21 bits per heavy atom. The smallest absolute Gasteiger partial charge is 0.406 e. The normalized spacial score (nSPS) is 11.2. The standard InChI is InChI=1S/C9H10BF3O/c1-6-3-7(10-2)5-8(4-6)14-9(11,12)13/h3-5,10H,1-2H3. The van der Waals surface area contributed by atoms with Crippen LogP contribution in [0.25, 0.3) is 0 Å². The number of rotatable bonds is 2. The molecule has 5 heteroatoms. The number of aryl methyl sites for hydroxylation is 1. The summed E-state index contributed by atoms with van der Waals surface area (Å²) in [6.07, 6.45) is -4.61. The quantitative estimate of drug-likeness (QED) is 0.666. The lowest BCUT2D eigenvalue weighted by Crippen LogP contribution is -2.19. The van der Waals surface area contributed by atoms with Crippen molar-refractivity contribution in [2.45, 2.75) is 20.1 Å². The van der Waals surface area contributed by atoms with E-state index in [-0.39, 0.29) is 5.75 Å². The summed E-state index contributed by atoms with van der Waals surface area (Å²) >= 11 is 0. The van der Waals surface area contributed by atoms with Crippen LogP contribution in [0, 0.1) is 6.92 Å². The average Bonchev–Trinajstić information content (AvgIpc) is 1.99. The minimum Gasteiger partial charge on any atom is -0.406 e. The molecule has 76 valence electrons. The fourth-order valence-electron chi connectivity index (χ4n) is 1.22. The number of halogens is 3. The van der Waals surface area contributed by atoms with Crippen LogP contribution in [-0.4, -0.2) is 13.6 Å². The molecule has 0 fully saturated rings. The van der Waals surface area contributed by atoms with Crippen molar-refractivity contribution in [1.29, 1.82) is 0 Å². The lowest BCUT2D eigenvalue weighted by Gasteiger charge is -2.10. The summed E-state index contributed by atoms with van der Waals surface area (Å²) in [6, 6.07) is 4.61. The third-order valence-corrected chi connectivity index (χ3v) is 1.75. The molecule has 0 aliphatic carbocycles. The Bertz CT molecular complexity index is 322. The van der Waals surface area contributed by atoms with Gasteiger partial charge >= 0.3 is 6.36 Å². The Labute approximate surface area is 81.1 Å². The van der Waals surface area contributed by atoms with Crippen molar-refractivity contribution >= 4 is 12.7 Å². The molecule has 0 bridgehead atoms. The molecule has 0 saturated heterocycles. The number of benzene rings is 1. The molecule has 1 aromatic rings. The Morgan fingerprint density at radius 2 is 1.86 bits per heavy atom. The molecule has 14 heavy (non-hydrogen) atoms. The lowest BCUT2D eigenvalue weighted by molar-refractivity contribution is -0.274. The number of ether oxygens (including phenoxy) is 1. The van der Waals surface area contributed by atoms with Crippen molar-refractivity contribution in [3.05, 3.63) is 23.8 Å². The van der Waals surface area contributed by atoms with Crippen LogP contribution in [0.1, 0.15) is 5.56 Å². The predicted molar refractivity (Wildman–Crippen MR) is 50.5 cm³/mol. The molecule has 1 rings (SSSR count). The minimum atomic E-state index is -4.61. The van der Waals surface area contributed by atoms with E-state index >= 15 is 0 Å². The monoisotopic (exact) mass is 202 g/mol. The summed E-state index contributed by atoms with van der Waals surface area (Å²) in [4.78, 5) is 0. The zero-order valence-electron chi connectivity index (χ0n) is 7.98. The van der Waals surface area contributed by atoms with E-state index in [2.05, 4.69) is 4.74 Å². The van der Waals surface area contributed by atoms with Crippen molar-refractivity contribution in [2.24, 2.45) is 0 Å². The van der Waals surface area contributed by atoms with E-state index in [0.717, 1.165) is 11.0 Å². The second-order valence-electron chi connectivity index (χ2n) is 3.06. The molecule has 0 spiro atoms. The summed E-state index contributed by atoms with van der Waals surface area (Å²) in [5.41, 5.74) is 1.60. The third-order valence-electron chi connectivity index (χ3n) is 1.75. The maximum absolute atomic E-state index is 11.9. The average molecular weight is 202 g/mol. The molecule has 1 aromatic carbocycles. The highest BCUT2D eigenvalue weighted by molar-refractivity contribution is 6.52. The molecular formula is C9H10BF3O. The van der Waals surface area contributed by atoms with Gasteiger partial charge in [-0.25, -0.2) is 0 Å². The highest BCUT2D eigenvalue weighted by Gasteiger charge is 2.31. The van der Waals surface area contributed by atoms with Crippen LogP contribution >= 0.6 is 0 Å². The molecule has 0 aliphatic heterocycles. The number of hydrogen-bond acceptors (Lipinski definition) is 1. The molecule has 0 aromatic heterocycles. The van der Waals surface area contributed by atoms with Gasteiger partial charge in [0.1, 0.15) is 5.75 Å². The lowest BCUT2D eigenvalue weighted by atomic mass is 9.73. The van der Waals surface area contributed by atoms with Crippen LogP contribution in [-0.2, 0) is 0 Å². The van der Waals surface area contributed by atoms with Crippen molar-refractivity contribution in [1.82, 2.24) is 0 Å². The SMILES string of the molecule is CBc1cc(C)cc(OC(F)(F)F)c1. The Hall–Kier alpha value is -1.13. The van der Waals surface area contributed by atoms with Gasteiger partial charge in [0.25, 0.3) is 0 Å². The van der Waals surface area contributed by atoms with Gasteiger partial charge in [0, 0.05) is 0 Å². The second kappa shape index (κ2) is 3.94. The summed E-state index contributed by atoms with van der Waals surface area (Å²) in [5.74, 6) is -0.144. The first-order valence-corrected chi connectivity index (χ1v) is 4.27. The maximum atomic E-state index is 11.9. The van der Waals surface area contributed by atoms with Crippen LogP contribution in [0.4, 0.5) is 13.2 Å². The van der Waals surface area contributed by atoms with E-state index in [9.17, 15) is 13.2 Å². The molecule has 0 unspecified atom stereocenters. The van der Waals surface area contributed by atoms with E-state index in [1.807, 2.05) is 12.9 Å². The fraction of sp³-hybridized carbons (Fsp3) is 0.333. The summed E-state index contributed by atoms with van der Waals surface area (Å²) in [6.45, 7) is 3.62. The Kier molecular flexibility index (Phi) is 3.08. The first-order chi connectivity index (χ1) is 6.40. The van der Waals surface area contributed by atoms with Crippen LogP contribution < -0.4 is 10.2 Å². The first-order valence-electron chi connectivity index (χ1n) is 4.27. The van der Waals surface area contributed by atoms with E-state index in [4.69, 9.17) is 0 Å². The second-order valence-corrected chi connectivity index (χ2v) is 3.06. The fourth-order valence-corrected chi connectivity index (χ4v) is 1.22. The van der Waals surface area contributed by atoms with Crippen molar-refractivity contribution in [3.63, 3.8) is 0 Å². The van der Waals surface area contributed by atoms with Gasteiger partial charge in [0.05, 0.1) is 0 Å². The van der Waals surface area contributed by atoms with E-state index in [0.29, 0.717) is 7.28 Å². The molecule has 0 radical (unpaired) electrons. The van der Waals surface area contributed by atoms with E-state index in [1.165, 1.54) is 12.1 Å². The van der Waals surface area contributed by atoms with Gasteiger partial charge < -0.3 is 4.74 Å². The highest BCUT2D eigenvalue weighted by atomic mass is 19.4. The van der Waals surface area contributed by atoms with E-state index in [1.54, 1.807) is 6.92 Å². The summed E-state index contributed by atoms with van der Waals surface area (Å²) in [7, 11) is 0.690. The van der Waals surface area contributed by atoms with Crippen LogP contribution in [0.2, 0.25) is 6.82 Å². The van der Waals surface area contributed by atoms with Gasteiger partial charge in [-0.15, -0.1) is 13.2 Å². The third kappa shape index (κ3) is 3.32. The Balaban J connectivity index is 2.92. The largest absolute Gasteiger partial charge is 0.573 e. The zero-order chi connectivity index (χ0) is 10.8. The van der Waals surface area contributed by atoms with Crippen molar-refractivity contribution < 1.29 is 17.9 Å². The molecule has 0 aliphatic rings. The van der Waals surface area contributed by atoms with Gasteiger partial charge in [0.15, 0.2) is 7.28 Å². The van der Waals surface area contributed by atoms with Gasteiger partial charge in [0.2, 0.25) is 0 Å². The van der Waals surface area contributed by atoms with Crippen LogP contribution in [0.3, 0.4) is 0 Å². The molecular weight excluding hydrogens is 192 g/mol. The van der Waals surface area contributed by atoms with Gasteiger partial charge in [-0.2, -0.15) is 0 Å². The first kappa shape index (κ1) is 11.0. The molecule has 1 nitrogen and oxygen atoms in total. The van der Waals surface area contributed by atoms with Crippen molar-refractivity contribution in [3.8, 4) is 5.75 Å². The highest BCUT2D eigenvalue weighted by Crippen LogP contribution is 2.22. The molecule has 0 N–H and O–H groups in total. The molecule has 0 amide bonds. The summed E-state index contributed by atoms with van der Waals surface area (Å²) in [5, 5.41) is 0. The topological polar surface area (TPSA) is 9.23 Å². The maximum Gasteiger partial charge on any atom is 0.573 e. The summed E-state index contributed by atoms with van der Waals surface area (Å²) < 4.78 is 39.5.